The molecule has 1 rings (SSSR count). The molecule has 0 saturated carbocycles. The number of hydrogen-bond donors (Lipinski definition) is 1. The van der Waals surface area contributed by atoms with E-state index in [0.29, 0.717) is 11.3 Å². The second-order valence-electron chi connectivity index (χ2n) is 3.12. The van der Waals surface area contributed by atoms with E-state index in [4.69, 9.17) is 9.84 Å². The van der Waals surface area contributed by atoms with Gasteiger partial charge in [-0.15, -0.1) is 0 Å². The standard InChI is InChI=1S/C10H11F3O2/c1-6-7(9(14)10(11,12)13)4-3-5-8(6)15-2/h3-5,9,14H,1-2H3/t9-/m1/s1. The van der Waals surface area contributed by atoms with Crippen molar-refractivity contribution < 1.29 is 23.0 Å². The highest BCUT2D eigenvalue weighted by atomic mass is 19.4. The Morgan fingerprint density at radius 1 is 1.33 bits per heavy atom. The molecule has 0 aliphatic carbocycles. The van der Waals surface area contributed by atoms with Gasteiger partial charge >= 0.3 is 6.18 Å². The van der Waals surface area contributed by atoms with Crippen molar-refractivity contribution in [2.45, 2.75) is 19.2 Å². The fraction of sp³-hybridized carbons (Fsp3) is 0.400. The van der Waals surface area contributed by atoms with Crippen molar-refractivity contribution in [3.8, 4) is 5.75 Å². The zero-order valence-electron chi connectivity index (χ0n) is 8.30. The minimum atomic E-state index is -4.66. The number of ether oxygens (including phenoxy) is 1. The quantitative estimate of drug-likeness (QED) is 0.830. The number of methoxy groups -OCH3 is 1. The highest BCUT2D eigenvalue weighted by Gasteiger charge is 2.40. The molecule has 0 fully saturated rings. The summed E-state index contributed by atoms with van der Waals surface area (Å²) in [5.74, 6) is 0.329. The smallest absolute Gasteiger partial charge is 0.418 e. The van der Waals surface area contributed by atoms with E-state index in [1.165, 1.54) is 26.2 Å². The molecule has 2 nitrogen and oxygen atoms in total. The molecule has 5 heteroatoms. The molecular formula is C10H11F3O2. The van der Waals surface area contributed by atoms with Crippen molar-refractivity contribution >= 4 is 0 Å². The Morgan fingerprint density at radius 3 is 2.40 bits per heavy atom. The number of benzene rings is 1. The summed E-state index contributed by atoms with van der Waals surface area (Å²) in [7, 11) is 1.37. The Balaban J connectivity index is 3.15. The molecule has 0 bridgehead atoms. The summed E-state index contributed by atoms with van der Waals surface area (Å²) in [4.78, 5) is 0. The first-order chi connectivity index (χ1) is 6.88. The van der Waals surface area contributed by atoms with E-state index in [9.17, 15) is 13.2 Å². The van der Waals surface area contributed by atoms with Crippen molar-refractivity contribution in [2.75, 3.05) is 7.11 Å². The fourth-order valence-corrected chi connectivity index (χ4v) is 1.33. The van der Waals surface area contributed by atoms with E-state index >= 15 is 0 Å². The van der Waals surface area contributed by atoms with E-state index in [1.807, 2.05) is 0 Å². The van der Waals surface area contributed by atoms with Gasteiger partial charge in [0.1, 0.15) is 5.75 Å². The predicted octanol–water partition coefficient (Wildman–Crippen LogP) is 2.60. The summed E-state index contributed by atoms with van der Waals surface area (Å²) in [6.07, 6.45) is -7.12. The van der Waals surface area contributed by atoms with Gasteiger partial charge in [-0.25, -0.2) is 0 Å². The van der Waals surface area contributed by atoms with E-state index in [2.05, 4.69) is 0 Å². The molecule has 1 aromatic rings. The van der Waals surface area contributed by atoms with Crippen molar-refractivity contribution in [2.24, 2.45) is 0 Å². The lowest BCUT2D eigenvalue weighted by molar-refractivity contribution is -0.207. The third-order valence-corrected chi connectivity index (χ3v) is 2.15. The molecule has 0 aromatic heterocycles. The Hall–Kier alpha value is -1.23. The third kappa shape index (κ3) is 2.41. The molecule has 0 aliphatic heterocycles. The zero-order chi connectivity index (χ0) is 11.6. The highest BCUT2D eigenvalue weighted by molar-refractivity contribution is 5.40. The van der Waals surface area contributed by atoms with Crippen LogP contribution in [-0.4, -0.2) is 18.4 Å². The zero-order valence-corrected chi connectivity index (χ0v) is 8.30. The van der Waals surface area contributed by atoms with Crippen LogP contribution in [0.2, 0.25) is 0 Å². The van der Waals surface area contributed by atoms with Crippen molar-refractivity contribution in [1.82, 2.24) is 0 Å². The van der Waals surface area contributed by atoms with Gasteiger partial charge in [-0.3, -0.25) is 0 Å². The maximum Gasteiger partial charge on any atom is 0.418 e. The molecule has 0 radical (unpaired) electrons. The molecule has 0 saturated heterocycles. The van der Waals surface area contributed by atoms with Crippen LogP contribution in [0.1, 0.15) is 17.2 Å². The highest BCUT2D eigenvalue weighted by Crippen LogP contribution is 2.36. The maximum absolute atomic E-state index is 12.3. The number of hydrogen-bond acceptors (Lipinski definition) is 2. The van der Waals surface area contributed by atoms with Gasteiger partial charge in [-0.1, -0.05) is 12.1 Å². The Morgan fingerprint density at radius 2 is 1.93 bits per heavy atom. The van der Waals surface area contributed by atoms with Gasteiger partial charge < -0.3 is 9.84 Å². The first-order valence-electron chi connectivity index (χ1n) is 4.26. The van der Waals surface area contributed by atoms with E-state index in [-0.39, 0.29) is 5.56 Å². The molecule has 0 aliphatic rings. The van der Waals surface area contributed by atoms with Gasteiger partial charge in [-0.05, 0) is 24.1 Å². The van der Waals surface area contributed by atoms with Crippen molar-refractivity contribution in [3.05, 3.63) is 29.3 Å². The van der Waals surface area contributed by atoms with Crippen LogP contribution in [0.3, 0.4) is 0 Å². The number of aliphatic hydroxyl groups is 1. The molecule has 0 spiro atoms. The number of rotatable bonds is 2. The Kier molecular flexibility index (Phi) is 3.24. The van der Waals surface area contributed by atoms with Gasteiger partial charge in [0.05, 0.1) is 7.11 Å². The van der Waals surface area contributed by atoms with Crippen LogP contribution in [-0.2, 0) is 0 Å². The number of halogens is 3. The first kappa shape index (κ1) is 11.8. The predicted molar refractivity (Wildman–Crippen MR) is 48.7 cm³/mol. The monoisotopic (exact) mass is 220 g/mol. The minimum absolute atomic E-state index is 0.179. The molecular weight excluding hydrogens is 209 g/mol. The molecule has 84 valence electrons. The molecule has 1 atom stereocenters. The third-order valence-electron chi connectivity index (χ3n) is 2.15. The lowest BCUT2D eigenvalue weighted by Gasteiger charge is -2.18. The van der Waals surface area contributed by atoms with Gasteiger partial charge in [0.2, 0.25) is 0 Å². The first-order valence-corrected chi connectivity index (χ1v) is 4.26. The van der Waals surface area contributed by atoms with Crippen LogP contribution in [0.4, 0.5) is 13.2 Å². The SMILES string of the molecule is COc1cccc([C@@H](O)C(F)(F)F)c1C. The summed E-state index contributed by atoms with van der Waals surface area (Å²) in [6, 6.07) is 4.19. The van der Waals surface area contributed by atoms with Crippen LogP contribution < -0.4 is 4.74 Å². The van der Waals surface area contributed by atoms with E-state index in [0.717, 1.165) is 0 Å². The lowest BCUT2D eigenvalue weighted by atomic mass is 10.0. The van der Waals surface area contributed by atoms with Crippen molar-refractivity contribution in [1.29, 1.82) is 0 Å². The fourth-order valence-electron chi connectivity index (χ4n) is 1.33. The summed E-state index contributed by atoms with van der Waals surface area (Å²) in [6.45, 7) is 1.48. The van der Waals surface area contributed by atoms with E-state index in [1.54, 1.807) is 6.07 Å². The molecule has 0 heterocycles. The van der Waals surface area contributed by atoms with Gasteiger partial charge in [0, 0.05) is 0 Å². The van der Waals surface area contributed by atoms with Crippen LogP contribution in [0.5, 0.6) is 5.75 Å². The lowest BCUT2D eigenvalue weighted by Crippen LogP contribution is -2.21. The Labute approximate surface area is 85.3 Å². The second kappa shape index (κ2) is 4.10. The molecule has 0 amide bonds. The normalized spacial score (nSPS) is 13.7. The molecule has 1 N–H and O–H groups in total. The topological polar surface area (TPSA) is 29.5 Å². The number of aliphatic hydroxyl groups excluding tert-OH is 1. The summed E-state index contributed by atoms with van der Waals surface area (Å²) < 4.78 is 41.6. The summed E-state index contributed by atoms with van der Waals surface area (Å²) in [5, 5.41) is 9.08. The van der Waals surface area contributed by atoms with Crippen LogP contribution in [0, 0.1) is 6.92 Å². The van der Waals surface area contributed by atoms with E-state index < -0.39 is 12.3 Å². The second-order valence-corrected chi connectivity index (χ2v) is 3.12. The minimum Gasteiger partial charge on any atom is -0.496 e. The summed E-state index contributed by atoms with van der Waals surface area (Å²) >= 11 is 0. The number of alkyl halides is 3. The Bertz CT molecular complexity index is 347. The average molecular weight is 220 g/mol. The maximum atomic E-state index is 12.3. The molecule has 1 aromatic carbocycles. The summed E-state index contributed by atoms with van der Waals surface area (Å²) in [5.41, 5.74) is 0.117. The molecule has 0 unspecified atom stereocenters. The molecule has 15 heavy (non-hydrogen) atoms. The van der Waals surface area contributed by atoms with Crippen LogP contribution >= 0.6 is 0 Å². The van der Waals surface area contributed by atoms with Gasteiger partial charge in [0.15, 0.2) is 6.10 Å². The van der Waals surface area contributed by atoms with Crippen LogP contribution in [0.15, 0.2) is 18.2 Å². The van der Waals surface area contributed by atoms with Gasteiger partial charge in [-0.2, -0.15) is 13.2 Å². The van der Waals surface area contributed by atoms with Crippen molar-refractivity contribution in [3.63, 3.8) is 0 Å². The average Bonchev–Trinajstić information content (AvgIpc) is 2.16. The van der Waals surface area contributed by atoms with Gasteiger partial charge in [0.25, 0.3) is 0 Å². The van der Waals surface area contributed by atoms with Crippen LogP contribution in [0.25, 0.3) is 0 Å². The largest absolute Gasteiger partial charge is 0.496 e.